The van der Waals surface area contributed by atoms with Crippen LogP contribution in [0.4, 0.5) is 4.39 Å². The van der Waals surface area contributed by atoms with Crippen LogP contribution >= 0.6 is 0 Å². The molecule has 0 aromatic heterocycles. The topological polar surface area (TPSA) is 30.5 Å². The van der Waals surface area contributed by atoms with Gasteiger partial charge in [0.25, 0.3) is 0 Å². The lowest BCUT2D eigenvalue weighted by molar-refractivity contribution is 0.227. The first kappa shape index (κ1) is 13.9. The van der Waals surface area contributed by atoms with Crippen molar-refractivity contribution in [3.05, 3.63) is 59.4 Å². The molecule has 4 heteroatoms. The maximum atomic E-state index is 14.0. The van der Waals surface area contributed by atoms with Crippen LogP contribution in [-0.2, 0) is 13.0 Å². The van der Waals surface area contributed by atoms with Crippen LogP contribution in [-0.4, -0.2) is 19.8 Å². The highest BCUT2D eigenvalue weighted by molar-refractivity contribution is 5.37. The fourth-order valence-corrected chi connectivity index (χ4v) is 2.59. The molecule has 2 aromatic rings. The van der Waals surface area contributed by atoms with Gasteiger partial charge >= 0.3 is 0 Å². The van der Waals surface area contributed by atoms with E-state index in [1.807, 2.05) is 18.2 Å². The minimum Gasteiger partial charge on any atom is -0.494 e. The standard InChI is InChI=1S/C17H18FNO2/c1-20-16-8-4-6-13(17(16)18)10-19-11-14-9-12-5-2-3-7-15(12)21-14/h2-8,14,19H,9-11H2,1H3. The summed E-state index contributed by atoms with van der Waals surface area (Å²) in [4.78, 5) is 0. The van der Waals surface area contributed by atoms with E-state index in [2.05, 4.69) is 11.4 Å². The number of rotatable bonds is 5. The van der Waals surface area contributed by atoms with Crippen LogP contribution in [0.2, 0.25) is 0 Å². The molecule has 0 amide bonds. The fraction of sp³-hybridized carbons (Fsp3) is 0.294. The smallest absolute Gasteiger partial charge is 0.169 e. The van der Waals surface area contributed by atoms with Crippen LogP contribution in [0.3, 0.4) is 0 Å². The van der Waals surface area contributed by atoms with Crippen LogP contribution < -0.4 is 14.8 Å². The predicted molar refractivity (Wildman–Crippen MR) is 79.2 cm³/mol. The number of halogens is 1. The third kappa shape index (κ3) is 3.00. The van der Waals surface area contributed by atoms with Gasteiger partial charge in [0.05, 0.1) is 7.11 Å². The van der Waals surface area contributed by atoms with Gasteiger partial charge in [-0.15, -0.1) is 0 Å². The first-order valence-electron chi connectivity index (χ1n) is 7.04. The Hall–Kier alpha value is -2.07. The number of hydrogen-bond donors (Lipinski definition) is 1. The molecule has 110 valence electrons. The normalized spacial score (nSPS) is 16.4. The lowest BCUT2D eigenvalue weighted by Crippen LogP contribution is -2.30. The summed E-state index contributed by atoms with van der Waals surface area (Å²) in [5.74, 6) is 0.929. The van der Waals surface area contributed by atoms with Gasteiger partial charge in [-0.3, -0.25) is 0 Å². The highest BCUT2D eigenvalue weighted by Crippen LogP contribution is 2.27. The van der Waals surface area contributed by atoms with E-state index in [1.165, 1.54) is 12.7 Å². The summed E-state index contributed by atoms with van der Waals surface area (Å²) in [6.07, 6.45) is 1.00. The highest BCUT2D eigenvalue weighted by atomic mass is 19.1. The van der Waals surface area contributed by atoms with Crippen molar-refractivity contribution in [2.24, 2.45) is 0 Å². The Balaban J connectivity index is 1.54. The van der Waals surface area contributed by atoms with Gasteiger partial charge in [-0.05, 0) is 17.7 Å². The van der Waals surface area contributed by atoms with E-state index in [1.54, 1.807) is 18.2 Å². The fourth-order valence-electron chi connectivity index (χ4n) is 2.59. The van der Waals surface area contributed by atoms with Crippen molar-refractivity contribution in [3.63, 3.8) is 0 Å². The van der Waals surface area contributed by atoms with Crippen molar-refractivity contribution in [2.75, 3.05) is 13.7 Å². The molecule has 1 atom stereocenters. The molecular formula is C17H18FNO2. The Kier molecular flexibility index (Phi) is 4.06. The van der Waals surface area contributed by atoms with Crippen LogP contribution in [0, 0.1) is 5.82 Å². The zero-order valence-electron chi connectivity index (χ0n) is 11.9. The van der Waals surface area contributed by atoms with E-state index in [-0.39, 0.29) is 17.7 Å². The van der Waals surface area contributed by atoms with Gasteiger partial charge in [0, 0.05) is 25.1 Å². The van der Waals surface area contributed by atoms with Gasteiger partial charge in [0.2, 0.25) is 0 Å². The van der Waals surface area contributed by atoms with Gasteiger partial charge in [-0.1, -0.05) is 30.3 Å². The molecule has 1 heterocycles. The number of nitrogens with one attached hydrogen (secondary N) is 1. The second-order valence-corrected chi connectivity index (χ2v) is 5.12. The zero-order chi connectivity index (χ0) is 14.7. The first-order chi connectivity index (χ1) is 10.3. The summed E-state index contributed by atoms with van der Waals surface area (Å²) >= 11 is 0. The molecule has 0 saturated heterocycles. The molecule has 0 aliphatic carbocycles. The maximum absolute atomic E-state index is 14.0. The molecule has 2 aromatic carbocycles. The van der Waals surface area contributed by atoms with Gasteiger partial charge in [0.1, 0.15) is 11.9 Å². The Bertz CT molecular complexity index is 605. The quantitative estimate of drug-likeness (QED) is 0.917. The van der Waals surface area contributed by atoms with Gasteiger partial charge < -0.3 is 14.8 Å². The van der Waals surface area contributed by atoms with E-state index in [9.17, 15) is 4.39 Å². The Morgan fingerprint density at radius 1 is 1.24 bits per heavy atom. The molecule has 0 saturated carbocycles. The molecule has 0 spiro atoms. The van der Waals surface area contributed by atoms with Crippen molar-refractivity contribution >= 4 is 0 Å². The summed E-state index contributed by atoms with van der Waals surface area (Å²) in [5.41, 5.74) is 1.83. The number of para-hydroxylation sites is 1. The molecule has 0 fully saturated rings. The summed E-state index contributed by atoms with van der Waals surface area (Å²) in [6.45, 7) is 1.14. The van der Waals surface area contributed by atoms with Crippen LogP contribution in [0.15, 0.2) is 42.5 Å². The molecule has 21 heavy (non-hydrogen) atoms. The summed E-state index contributed by atoms with van der Waals surface area (Å²) in [6, 6.07) is 13.2. The molecule has 3 nitrogen and oxygen atoms in total. The molecule has 1 aliphatic heterocycles. The van der Waals surface area contributed by atoms with Gasteiger partial charge in [0.15, 0.2) is 11.6 Å². The number of benzene rings is 2. The third-order valence-electron chi connectivity index (χ3n) is 3.66. The summed E-state index contributed by atoms with van der Waals surface area (Å²) in [7, 11) is 1.47. The van der Waals surface area contributed by atoms with E-state index in [0.29, 0.717) is 18.7 Å². The monoisotopic (exact) mass is 287 g/mol. The number of fused-ring (bicyclic) bond motifs is 1. The molecular weight excluding hydrogens is 269 g/mol. The zero-order valence-corrected chi connectivity index (χ0v) is 11.9. The lowest BCUT2D eigenvalue weighted by atomic mass is 10.1. The summed E-state index contributed by atoms with van der Waals surface area (Å²) < 4.78 is 24.8. The Morgan fingerprint density at radius 2 is 2.10 bits per heavy atom. The Morgan fingerprint density at radius 3 is 2.90 bits per heavy atom. The van der Waals surface area contributed by atoms with Crippen LogP contribution in [0.25, 0.3) is 0 Å². The number of hydrogen-bond acceptors (Lipinski definition) is 3. The van der Waals surface area contributed by atoms with E-state index >= 15 is 0 Å². The minimum atomic E-state index is -0.303. The molecule has 3 rings (SSSR count). The third-order valence-corrected chi connectivity index (χ3v) is 3.66. The van der Waals surface area contributed by atoms with Crippen LogP contribution in [0.5, 0.6) is 11.5 Å². The van der Waals surface area contributed by atoms with Crippen molar-refractivity contribution < 1.29 is 13.9 Å². The second kappa shape index (κ2) is 6.14. The largest absolute Gasteiger partial charge is 0.494 e. The minimum absolute atomic E-state index is 0.107. The average Bonchev–Trinajstić information content (AvgIpc) is 2.91. The van der Waals surface area contributed by atoms with Crippen molar-refractivity contribution in [2.45, 2.75) is 19.1 Å². The van der Waals surface area contributed by atoms with E-state index in [0.717, 1.165) is 12.2 Å². The van der Waals surface area contributed by atoms with E-state index < -0.39 is 0 Å². The maximum Gasteiger partial charge on any atom is 0.169 e. The molecule has 0 radical (unpaired) electrons. The molecule has 0 bridgehead atoms. The van der Waals surface area contributed by atoms with E-state index in [4.69, 9.17) is 9.47 Å². The SMILES string of the molecule is COc1cccc(CNCC2Cc3ccccc3O2)c1F. The van der Waals surface area contributed by atoms with Crippen molar-refractivity contribution in [3.8, 4) is 11.5 Å². The highest BCUT2D eigenvalue weighted by Gasteiger charge is 2.21. The number of ether oxygens (including phenoxy) is 2. The van der Waals surface area contributed by atoms with Crippen molar-refractivity contribution in [1.29, 1.82) is 0 Å². The second-order valence-electron chi connectivity index (χ2n) is 5.12. The van der Waals surface area contributed by atoms with Gasteiger partial charge in [-0.2, -0.15) is 0 Å². The average molecular weight is 287 g/mol. The Labute approximate surface area is 123 Å². The lowest BCUT2D eigenvalue weighted by Gasteiger charge is -2.13. The summed E-state index contributed by atoms with van der Waals surface area (Å²) in [5, 5.41) is 3.25. The predicted octanol–water partition coefficient (Wildman–Crippen LogP) is 2.93. The van der Waals surface area contributed by atoms with Crippen molar-refractivity contribution in [1.82, 2.24) is 5.32 Å². The molecule has 1 aliphatic rings. The molecule has 1 unspecified atom stereocenters. The number of methoxy groups -OCH3 is 1. The van der Waals surface area contributed by atoms with Gasteiger partial charge in [-0.25, -0.2) is 4.39 Å². The molecule has 1 N–H and O–H groups in total. The van der Waals surface area contributed by atoms with Crippen LogP contribution in [0.1, 0.15) is 11.1 Å². The first-order valence-corrected chi connectivity index (χ1v) is 7.04.